The molecule has 0 bridgehead atoms. The number of nitrogens with zero attached hydrogens (tertiary/aromatic N) is 3. The number of benzene rings is 1. The maximum Gasteiger partial charge on any atom is 0.273 e. The molecule has 3 rings (SSSR count). The summed E-state index contributed by atoms with van der Waals surface area (Å²) in [5.74, 6) is -0.605. The quantitative estimate of drug-likeness (QED) is 0.897. The van der Waals surface area contributed by atoms with Crippen molar-refractivity contribution in [3.05, 3.63) is 47.5 Å². The van der Waals surface area contributed by atoms with Gasteiger partial charge in [0.1, 0.15) is 5.82 Å². The van der Waals surface area contributed by atoms with Gasteiger partial charge in [0.2, 0.25) is 0 Å². The maximum atomic E-state index is 13.4. The molecule has 1 heterocycles. The lowest BCUT2D eigenvalue weighted by atomic mass is 9.77. The van der Waals surface area contributed by atoms with Crippen molar-refractivity contribution in [3.63, 3.8) is 0 Å². The van der Waals surface area contributed by atoms with Gasteiger partial charge in [0.25, 0.3) is 5.91 Å². The fourth-order valence-corrected chi connectivity index (χ4v) is 3.12. The molecule has 0 radical (unpaired) electrons. The van der Waals surface area contributed by atoms with E-state index in [2.05, 4.69) is 15.5 Å². The second kappa shape index (κ2) is 6.68. The molecule has 0 unspecified atom stereocenters. The molecule has 1 aromatic carbocycles. The highest BCUT2D eigenvalue weighted by Gasteiger charge is 2.35. The van der Waals surface area contributed by atoms with E-state index in [1.165, 1.54) is 23.1 Å². The van der Waals surface area contributed by atoms with Crippen LogP contribution in [0.25, 0.3) is 0 Å². The number of aryl methyl sites for hydroxylation is 1. The topological polar surface area (TPSA) is 80.0 Å². The van der Waals surface area contributed by atoms with Crippen LogP contribution in [0, 0.1) is 5.82 Å². The Balaban J connectivity index is 1.59. The van der Waals surface area contributed by atoms with Crippen LogP contribution in [0.1, 0.15) is 48.7 Å². The molecule has 2 aromatic rings. The first-order valence-electron chi connectivity index (χ1n) is 8.19. The van der Waals surface area contributed by atoms with E-state index in [-0.39, 0.29) is 17.8 Å². The number of carbonyl (C=O) groups is 1. The van der Waals surface area contributed by atoms with Gasteiger partial charge in [0, 0.05) is 6.04 Å². The smallest absolute Gasteiger partial charge is 0.273 e. The van der Waals surface area contributed by atoms with Crippen LogP contribution in [0.3, 0.4) is 0 Å². The lowest BCUT2D eigenvalue weighted by Crippen LogP contribution is -2.42. The Labute approximate surface area is 139 Å². The zero-order valence-corrected chi connectivity index (χ0v) is 13.6. The van der Waals surface area contributed by atoms with E-state index in [0.717, 1.165) is 0 Å². The van der Waals surface area contributed by atoms with Crippen molar-refractivity contribution < 1.29 is 14.3 Å². The predicted octanol–water partition coefficient (Wildman–Crippen LogP) is 2.00. The molecule has 6 nitrogen and oxygen atoms in total. The molecule has 0 atom stereocenters. The van der Waals surface area contributed by atoms with E-state index in [1.54, 1.807) is 12.1 Å². The van der Waals surface area contributed by atoms with Crippen LogP contribution in [0.2, 0.25) is 0 Å². The number of halogens is 1. The second-order valence-electron chi connectivity index (χ2n) is 6.21. The van der Waals surface area contributed by atoms with Crippen molar-refractivity contribution >= 4 is 5.91 Å². The van der Waals surface area contributed by atoms with Gasteiger partial charge in [0.15, 0.2) is 5.69 Å². The summed E-state index contributed by atoms with van der Waals surface area (Å²) in [5, 5.41) is 21.8. The molecule has 2 N–H and O–H groups in total. The van der Waals surface area contributed by atoms with Crippen LogP contribution < -0.4 is 5.32 Å². The minimum absolute atomic E-state index is 0.0295. The number of aromatic nitrogens is 3. The Hall–Kier alpha value is -2.28. The fraction of sp³-hybridized carbons (Fsp3) is 0.471. The summed E-state index contributed by atoms with van der Waals surface area (Å²) in [6, 6.07) is 6.06. The standard InChI is InChI=1S/C17H21FN4O2/c1-2-22-19-11-15(21-22)16(23)20-14-6-8-17(24,9-7-14)12-4-3-5-13(18)10-12/h3-5,10-11,14,24H,2,6-9H2,1H3,(H,20,23). The van der Waals surface area contributed by atoms with E-state index in [4.69, 9.17) is 0 Å². The van der Waals surface area contributed by atoms with Crippen molar-refractivity contribution in [3.8, 4) is 0 Å². The summed E-state index contributed by atoms with van der Waals surface area (Å²) in [7, 11) is 0. The minimum atomic E-state index is -1.03. The van der Waals surface area contributed by atoms with Crippen LogP contribution in [-0.2, 0) is 12.1 Å². The van der Waals surface area contributed by atoms with Crippen LogP contribution in [0.5, 0.6) is 0 Å². The molecule has 0 aliphatic heterocycles. The molecule has 1 aliphatic rings. The molecular weight excluding hydrogens is 311 g/mol. The highest BCUT2D eigenvalue weighted by molar-refractivity contribution is 5.92. The summed E-state index contributed by atoms with van der Waals surface area (Å²) in [4.78, 5) is 13.6. The fourth-order valence-electron chi connectivity index (χ4n) is 3.12. The highest BCUT2D eigenvalue weighted by atomic mass is 19.1. The third kappa shape index (κ3) is 3.46. The zero-order valence-electron chi connectivity index (χ0n) is 13.6. The minimum Gasteiger partial charge on any atom is -0.385 e. The van der Waals surface area contributed by atoms with E-state index in [9.17, 15) is 14.3 Å². The normalized spacial score (nSPS) is 23.9. The SMILES string of the molecule is CCn1ncc(C(=O)NC2CCC(O)(c3cccc(F)c3)CC2)n1. The molecule has 24 heavy (non-hydrogen) atoms. The van der Waals surface area contributed by atoms with Crippen LogP contribution in [0.4, 0.5) is 4.39 Å². The molecule has 1 aliphatic carbocycles. The molecule has 1 aromatic heterocycles. The van der Waals surface area contributed by atoms with Crippen molar-refractivity contribution in [2.24, 2.45) is 0 Å². The number of hydrogen-bond donors (Lipinski definition) is 2. The monoisotopic (exact) mass is 332 g/mol. The molecular formula is C17H21FN4O2. The number of rotatable bonds is 4. The first-order chi connectivity index (χ1) is 11.5. The van der Waals surface area contributed by atoms with Crippen LogP contribution >= 0.6 is 0 Å². The summed E-state index contributed by atoms with van der Waals surface area (Å²) >= 11 is 0. The van der Waals surface area contributed by atoms with Crippen molar-refractivity contribution in [1.82, 2.24) is 20.3 Å². The summed E-state index contributed by atoms with van der Waals surface area (Å²) < 4.78 is 13.4. The Kier molecular flexibility index (Phi) is 4.62. The molecule has 128 valence electrons. The summed E-state index contributed by atoms with van der Waals surface area (Å²) in [5.41, 5.74) is -0.143. The molecule has 1 amide bonds. The number of nitrogens with one attached hydrogen (secondary N) is 1. The van der Waals surface area contributed by atoms with Gasteiger partial charge in [-0.2, -0.15) is 9.90 Å². The van der Waals surface area contributed by atoms with Crippen LogP contribution in [-0.4, -0.2) is 32.0 Å². The molecule has 1 fully saturated rings. The van der Waals surface area contributed by atoms with Gasteiger partial charge < -0.3 is 10.4 Å². The van der Waals surface area contributed by atoms with E-state index < -0.39 is 5.60 Å². The maximum absolute atomic E-state index is 13.4. The van der Waals surface area contributed by atoms with Gasteiger partial charge in [-0.3, -0.25) is 4.79 Å². The lowest BCUT2D eigenvalue weighted by molar-refractivity contribution is -0.00829. The van der Waals surface area contributed by atoms with E-state index in [0.29, 0.717) is 43.5 Å². The predicted molar refractivity (Wildman–Crippen MR) is 85.7 cm³/mol. The number of aliphatic hydroxyl groups is 1. The van der Waals surface area contributed by atoms with Crippen molar-refractivity contribution in [2.75, 3.05) is 0 Å². The Bertz CT molecular complexity index is 723. The average molecular weight is 332 g/mol. The third-order valence-corrected chi connectivity index (χ3v) is 4.56. The first-order valence-corrected chi connectivity index (χ1v) is 8.19. The zero-order chi connectivity index (χ0) is 17.2. The highest BCUT2D eigenvalue weighted by Crippen LogP contribution is 2.37. The summed E-state index contributed by atoms with van der Waals surface area (Å²) in [6.07, 6.45) is 3.65. The first kappa shape index (κ1) is 16.6. The van der Waals surface area contributed by atoms with Gasteiger partial charge in [-0.05, 0) is 50.3 Å². The van der Waals surface area contributed by atoms with Gasteiger partial charge in [-0.25, -0.2) is 4.39 Å². The van der Waals surface area contributed by atoms with Gasteiger partial charge >= 0.3 is 0 Å². The van der Waals surface area contributed by atoms with Gasteiger partial charge in [0.05, 0.1) is 18.3 Å². The molecule has 0 saturated heterocycles. The van der Waals surface area contributed by atoms with Crippen LogP contribution in [0.15, 0.2) is 30.5 Å². The Morgan fingerprint density at radius 3 is 2.83 bits per heavy atom. The van der Waals surface area contributed by atoms with E-state index in [1.807, 2.05) is 6.92 Å². The Morgan fingerprint density at radius 2 is 2.21 bits per heavy atom. The average Bonchev–Trinajstić information content (AvgIpc) is 3.06. The van der Waals surface area contributed by atoms with Gasteiger partial charge in [-0.15, -0.1) is 5.10 Å². The Morgan fingerprint density at radius 1 is 1.46 bits per heavy atom. The second-order valence-corrected chi connectivity index (χ2v) is 6.21. The third-order valence-electron chi connectivity index (χ3n) is 4.56. The molecule has 7 heteroatoms. The number of carbonyl (C=O) groups excluding carboxylic acids is 1. The summed E-state index contributed by atoms with van der Waals surface area (Å²) in [6.45, 7) is 2.51. The number of hydrogen-bond acceptors (Lipinski definition) is 4. The van der Waals surface area contributed by atoms with Crippen molar-refractivity contribution in [2.45, 2.75) is 50.8 Å². The number of amides is 1. The molecule has 0 spiro atoms. The lowest BCUT2D eigenvalue weighted by Gasteiger charge is -2.36. The van der Waals surface area contributed by atoms with E-state index >= 15 is 0 Å². The van der Waals surface area contributed by atoms with Gasteiger partial charge in [-0.1, -0.05) is 12.1 Å². The largest absolute Gasteiger partial charge is 0.385 e. The molecule has 1 saturated carbocycles. The van der Waals surface area contributed by atoms with Crippen molar-refractivity contribution in [1.29, 1.82) is 0 Å².